The first-order chi connectivity index (χ1) is 26.8. The Morgan fingerprint density at radius 1 is 0.364 bits per heavy atom. The molecule has 7 heteroatoms. The summed E-state index contributed by atoms with van der Waals surface area (Å²) in [6, 6.07) is 0. The fourth-order valence-electron chi connectivity index (χ4n) is 6.56. The van der Waals surface area contributed by atoms with Gasteiger partial charge in [-0.3, -0.25) is 0 Å². The van der Waals surface area contributed by atoms with Crippen LogP contribution in [0.3, 0.4) is 0 Å². The van der Waals surface area contributed by atoms with Crippen LogP contribution in [0, 0.1) is 0 Å². The first-order valence-corrected chi connectivity index (χ1v) is 23.6. The van der Waals surface area contributed by atoms with Crippen LogP contribution in [0.5, 0.6) is 0 Å². The SMILES string of the molecule is CCCCCCCCC=CCCCCCCCCOC(OCC(C)OCC(C)OC(OCCCCCCCCC=CCCCCCCCC)C(C)O)C(C)O. The minimum absolute atomic E-state index is 0.201. The zero-order valence-corrected chi connectivity index (χ0v) is 37.3. The van der Waals surface area contributed by atoms with Crippen LogP contribution in [-0.4, -0.2) is 73.6 Å². The van der Waals surface area contributed by atoms with Crippen molar-refractivity contribution in [2.45, 2.75) is 258 Å². The molecule has 6 unspecified atom stereocenters. The molecular weight excluding hydrogens is 689 g/mol. The molecule has 0 aromatic carbocycles. The second kappa shape index (κ2) is 42.8. The van der Waals surface area contributed by atoms with Gasteiger partial charge in [-0.15, -0.1) is 0 Å². The molecule has 0 spiro atoms. The predicted octanol–water partition coefficient (Wildman–Crippen LogP) is 13.3. The molecule has 328 valence electrons. The zero-order chi connectivity index (χ0) is 40.5. The Hall–Kier alpha value is -0.800. The van der Waals surface area contributed by atoms with E-state index >= 15 is 0 Å². The van der Waals surface area contributed by atoms with Gasteiger partial charge in [-0.25, -0.2) is 0 Å². The lowest BCUT2D eigenvalue weighted by Crippen LogP contribution is -2.36. The van der Waals surface area contributed by atoms with Crippen LogP contribution in [0.25, 0.3) is 0 Å². The fourth-order valence-corrected chi connectivity index (χ4v) is 6.56. The van der Waals surface area contributed by atoms with Crippen molar-refractivity contribution in [3.63, 3.8) is 0 Å². The number of rotatable bonds is 44. The van der Waals surface area contributed by atoms with E-state index in [1.54, 1.807) is 13.8 Å². The minimum atomic E-state index is -0.729. The maximum absolute atomic E-state index is 10.2. The summed E-state index contributed by atoms with van der Waals surface area (Å²) in [7, 11) is 0. The summed E-state index contributed by atoms with van der Waals surface area (Å²) < 4.78 is 29.6. The number of ether oxygens (including phenoxy) is 5. The maximum Gasteiger partial charge on any atom is 0.183 e. The van der Waals surface area contributed by atoms with Crippen molar-refractivity contribution in [3.8, 4) is 0 Å². The lowest BCUT2D eigenvalue weighted by atomic mass is 10.1. The van der Waals surface area contributed by atoms with Gasteiger partial charge in [0.25, 0.3) is 0 Å². The van der Waals surface area contributed by atoms with Crippen LogP contribution in [0.15, 0.2) is 24.3 Å². The minimum Gasteiger partial charge on any atom is -0.388 e. The third kappa shape index (κ3) is 39.8. The molecule has 55 heavy (non-hydrogen) atoms. The van der Waals surface area contributed by atoms with Crippen LogP contribution >= 0.6 is 0 Å². The third-order valence-electron chi connectivity index (χ3n) is 10.1. The number of hydrogen-bond donors (Lipinski definition) is 2. The molecule has 0 saturated heterocycles. The molecule has 0 bridgehead atoms. The summed E-state index contributed by atoms with van der Waals surface area (Å²) >= 11 is 0. The monoisotopic (exact) mass is 783 g/mol. The lowest BCUT2D eigenvalue weighted by Gasteiger charge is -2.26. The van der Waals surface area contributed by atoms with Crippen molar-refractivity contribution in [2.75, 3.05) is 26.4 Å². The van der Waals surface area contributed by atoms with E-state index in [9.17, 15) is 10.2 Å². The molecule has 0 saturated carbocycles. The van der Waals surface area contributed by atoms with Crippen LogP contribution in [0.1, 0.15) is 221 Å². The molecule has 0 aromatic heterocycles. The van der Waals surface area contributed by atoms with E-state index in [0.29, 0.717) is 26.4 Å². The predicted molar refractivity (Wildman–Crippen MR) is 234 cm³/mol. The average Bonchev–Trinajstić information content (AvgIpc) is 3.16. The van der Waals surface area contributed by atoms with Crippen molar-refractivity contribution in [2.24, 2.45) is 0 Å². The van der Waals surface area contributed by atoms with Gasteiger partial charge in [-0.1, -0.05) is 154 Å². The Balaban J connectivity index is 3.88. The Labute approximate surface area is 342 Å². The van der Waals surface area contributed by atoms with Crippen LogP contribution in [-0.2, 0) is 23.7 Å². The average molecular weight is 783 g/mol. The number of hydrogen-bond acceptors (Lipinski definition) is 7. The summed E-state index contributed by atoms with van der Waals surface area (Å²) in [5.41, 5.74) is 0. The highest BCUT2D eigenvalue weighted by atomic mass is 16.7. The van der Waals surface area contributed by atoms with Gasteiger partial charge >= 0.3 is 0 Å². The van der Waals surface area contributed by atoms with Crippen LogP contribution < -0.4 is 0 Å². The van der Waals surface area contributed by atoms with Crippen molar-refractivity contribution in [1.82, 2.24) is 0 Å². The summed E-state index contributed by atoms with van der Waals surface area (Å²) in [4.78, 5) is 0. The fraction of sp³-hybridized carbons (Fsp3) is 0.917. The molecule has 0 fully saturated rings. The van der Waals surface area contributed by atoms with Gasteiger partial charge in [0.1, 0.15) is 12.2 Å². The van der Waals surface area contributed by atoms with E-state index in [2.05, 4.69) is 38.2 Å². The molecular formula is C48H94O7. The molecule has 0 radical (unpaired) electrons. The third-order valence-corrected chi connectivity index (χ3v) is 10.1. The normalized spacial score (nSPS) is 15.6. The first-order valence-electron chi connectivity index (χ1n) is 23.6. The molecule has 2 N–H and O–H groups in total. The Bertz CT molecular complexity index is 801. The number of allylic oxidation sites excluding steroid dienone is 4. The summed E-state index contributed by atoms with van der Waals surface area (Å²) in [6.07, 6.45) is 41.9. The zero-order valence-electron chi connectivity index (χ0n) is 37.3. The van der Waals surface area contributed by atoms with E-state index in [-0.39, 0.29) is 12.2 Å². The summed E-state index contributed by atoms with van der Waals surface area (Å²) in [5, 5.41) is 20.4. The molecule has 0 aliphatic heterocycles. The molecule has 0 aromatic rings. The van der Waals surface area contributed by atoms with E-state index in [4.69, 9.17) is 23.7 Å². The second-order valence-corrected chi connectivity index (χ2v) is 16.3. The van der Waals surface area contributed by atoms with E-state index in [1.807, 2.05) is 13.8 Å². The van der Waals surface area contributed by atoms with E-state index in [0.717, 1.165) is 25.7 Å². The maximum atomic E-state index is 10.2. The second-order valence-electron chi connectivity index (χ2n) is 16.3. The van der Waals surface area contributed by atoms with Crippen molar-refractivity contribution in [1.29, 1.82) is 0 Å². The lowest BCUT2D eigenvalue weighted by molar-refractivity contribution is -0.225. The van der Waals surface area contributed by atoms with Gasteiger partial charge in [0.15, 0.2) is 12.6 Å². The largest absolute Gasteiger partial charge is 0.388 e. The highest BCUT2D eigenvalue weighted by Crippen LogP contribution is 2.14. The first kappa shape index (κ1) is 54.2. The summed E-state index contributed by atoms with van der Waals surface area (Å²) in [5.74, 6) is 0. The van der Waals surface area contributed by atoms with E-state index in [1.165, 1.54) is 154 Å². The van der Waals surface area contributed by atoms with Gasteiger partial charge in [-0.2, -0.15) is 0 Å². The molecule has 0 aliphatic rings. The number of aliphatic hydroxyl groups excluding tert-OH is 2. The standard InChI is InChI=1S/C48H94O7/c1-7-9-11-13-15-17-19-21-23-25-27-29-31-33-35-37-39-51-47(45(5)49)54-41-43(3)53-42-44(4)55-48(46(6)50)52-40-38-36-34-32-30-28-26-24-22-20-18-16-14-12-10-8-2/h21-24,43-50H,7-20,25-42H2,1-6H3. The Morgan fingerprint density at radius 2 is 0.691 bits per heavy atom. The number of unbranched alkanes of at least 4 members (excludes halogenated alkanes) is 24. The molecule has 7 nitrogen and oxygen atoms in total. The molecule has 0 heterocycles. The number of aliphatic hydroxyl groups is 2. The molecule has 0 rings (SSSR count). The Morgan fingerprint density at radius 3 is 1.07 bits per heavy atom. The Kier molecular flexibility index (Phi) is 42.2. The highest BCUT2D eigenvalue weighted by molar-refractivity contribution is 4.82. The quantitative estimate of drug-likeness (QED) is 0.0361. The van der Waals surface area contributed by atoms with E-state index < -0.39 is 24.8 Å². The smallest absolute Gasteiger partial charge is 0.183 e. The van der Waals surface area contributed by atoms with Crippen molar-refractivity contribution >= 4 is 0 Å². The molecule has 0 amide bonds. The van der Waals surface area contributed by atoms with Crippen LogP contribution in [0.4, 0.5) is 0 Å². The highest BCUT2D eigenvalue weighted by Gasteiger charge is 2.21. The van der Waals surface area contributed by atoms with Crippen molar-refractivity contribution < 1.29 is 33.9 Å². The van der Waals surface area contributed by atoms with Gasteiger partial charge in [-0.05, 0) is 91.9 Å². The van der Waals surface area contributed by atoms with Crippen molar-refractivity contribution in [3.05, 3.63) is 24.3 Å². The van der Waals surface area contributed by atoms with Crippen LogP contribution in [0.2, 0.25) is 0 Å². The van der Waals surface area contributed by atoms with Gasteiger partial charge < -0.3 is 33.9 Å². The van der Waals surface area contributed by atoms with Gasteiger partial charge in [0, 0.05) is 13.2 Å². The topological polar surface area (TPSA) is 86.6 Å². The molecule has 0 aliphatic carbocycles. The molecule has 6 atom stereocenters. The van der Waals surface area contributed by atoms with Gasteiger partial charge in [0.2, 0.25) is 0 Å². The van der Waals surface area contributed by atoms with Gasteiger partial charge in [0.05, 0.1) is 25.4 Å². The summed E-state index contributed by atoms with van der Waals surface area (Å²) in [6.45, 7) is 13.6.